The summed E-state index contributed by atoms with van der Waals surface area (Å²) in [6.45, 7) is 38.9. The number of aliphatic imine (C=N–C) groups is 2. The van der Waals surface area contributed by atoms with Gasteiger partial charge in [0.1, 0.15) is 0 Å². The van der Waals surface area contributed by atoms with Gasteiger partial charge < -0.3 is 101 Å². The van der Waals surface area contributed by atoms with E-state index in [2.05, 4.69) is 383 Å². The third-order valence-corrected chi connectivity index (χ3v) is 23.4. The van der Waals surface area contributed by atoms with Crippen molar-refractivity contribution < 1.29 is 65.4 Å². The molecule has 0 aliphatic carbocycles. The average molecular weight is 1960 g/mol. The standard InChI is InChI=1S/2C39H48N3.4C9H13NS.2Y/c2*1-27(2)33-21-15-22-34(28(3)4)37(33)40-39(41-38-35(29(5)6)23-16-24-36(38)30(7)8)42(25-31-17-11-9-12-18-31)26-32-19-13-10-14-20-32;4*1-10(2)9-6-4-3-5-8(9)7-11;;/h2*9-24,27-30H,25-26H2,1-8H3;4*3-6,11H,7H2,1-2H3;;/q2*-1;;;;;2*+3/p-4. The predicted octanol–water partition coefficient (Wildman–Crippen LogP) is 30.3. The normalized spacial score (nSPS) is 11.1. The average Bonchev–Trinajstić information content (AvgIpc) is 0.792. The van der Waals surface area contributed by atoms with Crippen LogP contribution < -0.4 is 19.6 Å². The van der Waals surface area contributed by atoms with E-state index < -0.39 is 0 Å². The molecule has 0 unspecified atom stereocenters. The molecule has 0 saturated heterocycles. The molecule has 10 nitrogen and oxygen atoms in total. The van der Waals surface area contributed by atoms with Gasteiger partial charge in [0, 0.05) is 91.1 Å². The summed E-state index contributed by atoms with van der Waals surface area (Å²) in [5.41, 5.74) is 29.0. The number of nitrogens with zero attached hydrogens (tertiary/aromatic N) is 10. The van der Waals surface area contributed by atoms with Crippen molar-refractivity contribution in [2.24, 2.45) is 9.98 Å². The van der Waals surface area contributed by atoms with E-state index in [1.165, 1.54) is 112 Å². The van der Waals surface area contributed by atoms with E-state index in [-0.39, 0.29) is 65.4 Å². The molecule has 0 fully saturated rings. The molecule has 680 valence electrons. The van der Waals surface area contributed by atoms with Gasteiger partial charge in [0.05, 0.1) is 0 Å². The molecule has 0 aliphatic heterocycles. The monoisotopic (exact) mass is 1960 g/mol. The van der Waals surface area contributed by atoms with Crippen LogP contribution in [0.3, 0.4) is 0 Å². The molecule has 16 heteroatoms. The minimum Gasteiger partial charge on any atom is -0.788 e. The van der Waals surface area contributed by atoms with E-state index in [0.717, 1.165) is 34.7 Å². The quantitative estimate of drug-likeness (QED) is 0.0269. The zero-order valence-electron chi connectivity index (χ0n) is 82.2. The van der Waals surface area contributed by atoms with Gasteiger partial charge in [-0.2, -0.15) is 0 Å². The van der Waals surface area contributed by atoms with E-state index in [1.807, 2.05) is 105 Å². The maximum Gasteiger partial charge on any atom is 3.00 e. The summed E-state index contributed by atoms with van der Waals surface area (Å²) in [7, 11) is 16.3. The molecule has 12 aromatic carbocycles. The number of anilines is 4. The Morgan fingerprint density at radius 3 is 0.562 bits per heavy atom. The Labute approximate surface area is 858 Å². The fourth-order valence-electron chi connectivity index (χ4n) is 15.2. The van der Waals surface area contributed by atoms with Gasteiger partial charge in [0.25, 0.3) is 0 Å². The second kappa shape index (κ2) is 58.9. The zero-order chi connectivity index (χ0) is 93.5. The molecule has 130 heavy (non-hydrogen) atoms. The van der Waals surface area contributed by atoms with Gasteiger partial charge in [-0.25, -0.2) is 0 Å². The second-order valence-electron chi connectivity index (χ2n) is 35.7. The van der Waals surface area contributed by atoms with Gasteiger partial charge >= 0.3 is 65.4 Å². The minimum absolute atomic E-state index is 0. The van der Waals surface area contributed by atoms with Crippen molar-refractivity contribution >= 4 is 108 Å². The van der Waals surface area contributed by atoms with E-state index in [1.54, 1.807) is 0 Å². The molecule has 0 amide bonds. The summed E-state index contributed by atoms with van der Waals surface area (Å²) in [6.07, 6.45) is 0. The van der Waals surface area contributed by atoms with Crippen LogP contribution in [0, 0.1) is 0 Å². The summed E-state index contributed by atoms with van der Waals surface area (Å²) in [5.74, 6) is 7.01. The third kappa shape index (κ3) is 35.1. The smallest absolute Gasteiger partial charge is 0.788 e. The van der Waals surface area contributed by atoms with Gasteiger partial charge in [0.2, 0.25) is 0 Å². The fourth-order valence-corrected chi connectivity index (χ4v) is 16.2. The molecule has 0 bridgehead atoms. The first-order valence-electron chi connectivity index (χ1n) is 45.4. The van der Waals surface area contributed by atoms with Crippen LogP contribution in [0.4, 0.5) is 45.5 Å². The zero-order valence-corrected chi connectivity index (χ0v) is 91.2. The van der Waals surface area contributed by atoms with Crippen LogP contribution in [0.2, 0.25) is 0 Å². The van der Waals surface area contributed by atoms with Gasteiger partial charge in [-0.15, -0.1) is 23.0 Å². The SMILES string of the molecule is CC(C)c1cccc(C(C)C)c1N=C([N-]c1c(C(C)C)cccc1C(C)C)N(Cc1ccccc1)Cc1ccccc1.CC(C)c1cccc(C(C)C)c1N=C([N-]c1c(C(C)C)cccc1C(C)C)N(Cc1ccccc1)Cc1ccccc1.CN(C)c1ccccc1C[S-].CN(C)c1ccccc1C[S-].CN(C)c1ccccc1C[S-].CN(C)c1ccccc1C[S-].[Y+3].[Y+3]. The fraction of sp³-hybridized carbons (Fsp3) is 0.351. The number of rotatable bonds is 28. The molecule has 0 spiro atoms. The Kier molecular flexibility index (Phi) is 51.0. The van der Waals surface area contributed by atoms with Crippen LogP contribution in [-0.4, -0.2) is 78.1 Å². The summed E-state index contributed by atoms with van der Waals surface area (Å²) in [5, 5.41) is 11.1. The molecule has 0 aromatic heterocycles. The van der Waals surface area contributed by atoms with Crippen LogP contribution in [-0.2, 0) is 165 Å². The van der Waals surface area contributed by atoms with E-state index in [9.17, 15) is 0 Å². The van der Waals surface area contributed by atoms with Crippen molar-refractivity contribution in [2.75, 3.05) is 76.0 Å². The van der Waals surface area contributed by atoms with Gasteiger partial charge in [0.15, 0.2) is 0 Å². The van der Waals surface area contributed by atoms with Crippen LogP contribution in [0.5, 0.6) is 0 Å². The molecular weight excluding hydrogens is 1820 g/mol. The summed E-state index contributed by atoms with van der Waals surface area (Å²) in [4.78, 5) is 24.2. The van der Waals surface area contributed by atoms with Crippen molar-refractivity contribution in [3.63, 3.8) is 0 Å². The van der Waals surface area contributed by atoms with Gasteiger partial charge in [-0.3, -0.25) is 0 Å². The number of hydrogen-bond acceptors (Lipinski definition) is 10. The predicted molar refractivity (Wildman–Crippen MR) is 570 cm³/mol. The van der Waals surface area contributed by atoms with Crippen LogP contribution in [0.1, 0.15) is 247 Å². The first kappa shape index (κ1) is 112. The Morgan fingerprint density at radius 2 is 0.400 bits per heavy atom. The van der Waals surface area contributed by atoms with Crippen LogP contribution in [0.25, 0.3) is 10.6 Å². The van der Waals surface area contributed by atoms with Crippen molar-refractivity contribution in [1.82, 2.24) is 9.80 Å². The molecule has 12 aromatic rings. The van der Waals surface area contributed by atoms with Crippen molar-refractivity contribution in [3.05, 3.63) is 391 Å². The number of benzene rings is 12. The maximum atomic E-state index is 5.57. The van der Waals surface area contributed by atoms with Gasteiger partial charge in [-0.05, 0) is 210 Å². The first-order valence-corrected chi connectivity index (χ1v) is 47.7. The molecule has 0 aliphatic rings. The minimum atomic E-state index is 0. The maximum absolute atomic E-state index is 5.57. The summed E-state index contributed by atoms with van der Waals surface area (Å²) < 4.78 is 0. The first-order chi connectivity index (χ1) is 61.3. The second-order valence-corrected chi connectivity index (χ2v) is 36.9. The third-order valence-electron chi connectivity index (χ3n) is 22.2. The van der Waals surface area contributed by atoms with E-state index in [4.69, 9.17) is 71.1 Å². The number of guanidine groups is 2. The number of hydrogen-bond donors (Lipinski definition) is 0. The molecule has 0 radical (unpaired) electrons. The van der Waals surface area contributed by atoms with E-state index >= 15 is 0 Å². The Bertz CT molecular complexity index is 4690. The van der Waals surface area contributed by atoms with Crippen molar-refractivity contribution in [1.29, 1.82) is 0 Å². The summed E-state index contributed by atoms with van der Waals surface area (Å²) >= 11 is 20.0. The molecular formula is C114H144N10S4Y2. The largest absolute Gasteiger partial charge is 3.00 e. The molecule has 0 saturated carbocycles. The molecule has 0 atom stereocenters. The number of para-hydroxylation sites is 8. The Balaban J connectivity index is 0.000000311. The topological polar surface area (TPSA) is 72.4 Å². The Hall–Kier alpha value is -8.01. The van der Waals surface area contributed by atoms with Crippen molar-refractivity contribution in [3.8, 4) is 0 Å². The molecule has 0 heterocycles. The van der Waals surface area contributed by atoms with E-state index in [0.29, 0.717) is 96.5 Å². The van der Waals surface area contributed by atoms with Crippen molar-refractivity contribution in [2.45, 2.75) is 207 Å². The summed E-state index contributed by atoms with van der Waals surface area (Å²) in [6, 6.07) is 102. The Morgan fingerprint density at radius 1 is 0.231 bits per heavy atom. The van der Waals surface area contributed by atoms with Gasteiger partial charge in [-0.1, -0.05) is 378 Å². The van der Waals surface area contributed by atoms with Crippen LogP contribution >= 0.6 is 0 Å². The molecule has 0 N–H and O–H groups in total. The molecule has 12 rings (SSSR count). The van der Waals surface area contributed by atoms with Crippen LogP contribution in [0.15, 0.2) is 301 Å².